The molecule has 1 amide bonds. The van der Waals surface area contributed by atoms with Crippen molar-refractivity contribution in [2.24, 2.45) is 0 Å². The Morgan fingerprint density at radius 2 is 2.18 bits per heavy atom. The first-order valence-electron chi connectivity index (χ1n) is 5.97. The van der Waals surface area contributed by atoms with Crippen LogP contribution in [0.15, 0.2) is 15.2 Å². The summed E-state index contributed by atoms with van der Waals surface area (Å²) >= 11 is 5.10. The average molecular weight is 317 g/mol. The molecule has 2 heterocycles. The third kappa shape index (κ3) is 4.08. The van der Waals surface area contributed by atoms with Crippen LogP contribution in [0.3, 0.4) is 0 Å². The fourth-order valence-electron chi connectivity index (χ4n) is 2.01. The molecule has 3 nitrogen and oxygen atoms in total. The van der Waals surface area contributed by atoms with Gasteiger partial charge in [0.25, 0.3) is 0 Å². The number of carbonyl (C=O) groups excluding carboxylic acids is 1. The number of amides is 1. The molecule has 0 unspecified atom stereocenters. The normalized spacial score (nSPS) is 16.2. The first-order chi connectivity index (χ1) is 8.25. The summed E-state index contributed by atoms with van der Waals surface area (Å²) in [6.45, 7) is 3.09. The van der Waals surface area contributed by atoms with Gasteiger partial charge in [0.2, 0.25) is 5.91 Å². The van der Waals surface area contributed by atoms with Crippen molar-refractivity contribution in [2.75, 3.05) is 19.6 Å². The fourth-order valence-corrected chi connectivity index (χ4v) is 3.22. The first kappa shape index (κ1) is 13.1. The molecule has 0 radical (unpaired) electrons. The molecule has 1 aliphatic rings. The van der Waals surface area contributed by atoms with Crippen molar-refractivity contribution in [3.05, 3.63) is 20.8 Å². The summed E-state index contributed by atoms with van der Waals surface area (Å²) in [6, 6.07) is 2.09. The molecule has 1 fully saturated rings. The summed E-state index contributed by atoms with van der Waals surface area (Å²) in [7, 11) is 0. The lowest BCUT2D eigenvalue weighted by atomic mass is 10.1. The number of carbonyl (C=O) groups is 1. The maximum atomic E-state index is 11.9. The van der Waals surface area contributed by atoms with Gasteiger partial charge in [0, 0.05) is 19.6 Å². The van der Waals surface area contributed by atoms with Crippen LogP contribution in [-0.4, -0.2) is 30.4 Å². The second kappa shape index (κ2) is 6.52. The van der Waals surface area contributed by atoms with E-state index in [4.69, 9.17) is 0 Å². The topological polar surface area (TPSA) is 32.3 Å². The first-order valence-corrected chi connectivity index (χ1v) is 7.64. The molecular formula is C12H17BrN2OS. The molecule has 1 saturated heterocycles. The van der Waals surface area contributed by atoms with Gasteiger partial charge in [-0.25, -0.2) is 0 Å². The summed E-state index contributed by atoms with van der Waals surface area (Å²) in [5.74, 6) is 0.235. The minimum absolute atomic E-state index is 0.235. The third-order valence-electron chi connectivity index (χ3n) is 2.94. The number of likely N-dealkylation sites (tertiary alicyclic amines) is 1. The summed E-state index contributed by atoms with van der Waals surface area (Å²) < 4.78 is 1.14. The predicted octanol–water partition coefficient (Wildman–Crippen LogP) is 2.61. The molecule has 0 atom stereocenters. The van der Waals surface area contributed by atoms with Gasteiger partial charge >= 0.3 is 0 Å². The molecule has 1 aromatic rings. The monoisotopic (exact) mass is 316 g/mol. The molecule has 94 valence electrons. The van der Waals surface area contributed by atoms with E-state index in [-0.39, 0.29) is 5.91 Å². The van der Waals surface area contributed by atoms with Crippen molar-refractivity contribution in [1.29, 1.82) is 0 Å². The lowest BCUT2D eigenvalue weighted by Gasteiger charge is -2.26. The number of thiophene rings is 1. The summed E-state index contributed by atoms with van der Waals surface area (Å²) in [5.41, 5.74) is 1.23. The van der Waals surface area contributed by atoms with Crippen LogP contribution in [0.25, 0.3) is 0 Å². The van der Waals surface area contributed by atoms with E-state index in [1.165, 1.54) is 12.0 Å². The molecule has 0 spiro atoms. The van der Waals surface area contributed by atoms with Crippen molar-refractivity contribution in [2.45, 2.75) is 25.8 Å². The largest absolute Gasteiger partial charge is 0.342 e. The third-order valence-corrected chi connectivity index (χ3v) is 4.49. The highest BCUT2D eigenvalue weighted by Gasteiger charge is 2.15. The molecule has 5 heteroatoms. The summed E-state index contributed by atoms with van der Waals surface area (Å²) in [4.78, 5) is 13.8. The lowest BCUT2D eigenvalue weighted by Crippen LogP contribution is -2.40. The molecule has 1 aliphatic heterocycles. The van der Waals surface area contributed by atoms with Crippen LogP contribution < -0.4 is 5.32 Å². The Hall–Kier alpha value is -0.390. The zero-order valence-electron chi connectivity index (χ0n) is 9.75. The second-order valence-corrected chi connectivity index (χ2v) is 6.59. The van der Waals surface area contributed by atoms with E-state index < -0.39 is 0 Å². The zero-order chi connectivity index (χ0) is 12.1. The Labute approximate surface area is 114 Å². The SMILES string of the molecule is O=C(CNCc1csc(Br)c1)N1CCCCC1. The van der Waals surface area contributed by atoms with Crippen molar-refractivity contribution in [3.63, 3.8) is 0 Å². The molecule has 1 N–H and O–H groups in total. The smallest absolute Gasteiger partial charge is 0.236 e. The second-order valence-electron chi connectivity index (χ2n) is 4.30. The standard InChI is InChI=1S/C12H17BrN2OS/c13-11-6-10(9-17-11)7-14-8-12(16)15-4-2-1-3-5-15/h6,9,14H,1-5,7-8H2. The van der Waals surface area contributed by atoms with Crippen LogP contribution >= 0.6 is 27.3 Å². The van der Waals surface area contributed by atoms with Crippen LogP contribution in [0.4, 0.5) is 0 Å². The Morgan fingerprint density at radius 1 is 1.41 bits per heavy atom. The molecule has 0 saturated carbocycles. The zero-order valence-corrected chi connectivity index (χ0v) is 12.1. The van der Waals surface area contributed by atoms with Crippen molar-refractivity contribution in [1.82, 2.24) is 10.2 Å². The van der Waals surface area contributed by atoms with Crippen LogP contribution in [0, 0.1) is 0 Å². The van der Waals surface area contributed by atoms with Gasteiger partial charge in [-0.05, 0) is 52.2 Å². The maximum Gasteiger partial charge on any atom is 0.236 e. The van der Waals surface area contributed by atoms with Crippen LogP contribution in [-0.2, 0) is 11.3 Å². The Bertz CT molecular complexity index is 374. The van der Waals surface area contributed by atoms with Crippen LogP contribution in [0.1, 0.15) is 24.8 Å². The molecule has 17 heavy (non-hydrogen) atoms. The van der Waals surface area contributed by atoms with E-state index in [2.05, 4.69) is 32.7 Å². The molecule has 0 bridgehead atoms. The van der Waals surface area contributed by atoms with Gasteiger partial charge in [-0.1, -0.05) is 0 Å². The molecule has 0 aliphatic carbocycles. The van der Waals surface area contributed by atoms with Gasteiger partial charge < -0.3 is 10.2 Å². The quantitative estimate of drug-likeness (QED) is 0.926. The molecular weight excluding hydrogens is 300 g/mol. The van der Waals surface area contributed by atoms with Crippen molar-refractivity contribution < 1.29 is 4.79 Å². The van der Waals surface area contributed by atoms with E-state index in [9.17, 15) is 4.79 Å². The number of rotatable bonds is 4. The molecule has 1 aromatic heterocycles. The predicted molar refractivity (Wildman–Crippen MR) is 74.2 cm³/mol. The Kier molecular flexibility index (Phi) is 5.00. The summed E-state index contributed by atoms with van der Waals surface area (Å²) in [6.07, 6.45) is 3.58. The Balaban J connectivity index is 1.69. The lowest BCUT2D eigenvalue weighted by molar-refractivity contribution is -0.131. The number of hydrogen-bond donors (Lipinski definition) is 1. The highest BCUT2D eigenvalue weighted by molar-refractivity contribution is 9.11. The van der Waals surface area contributed by atoms with Crippen LogP contribution in [0.5, 0.6) is 0 Å². The van der Waals surface area contributed by atoms with E-state index >= 15 is 0 Å². The van der Waals surface area contributed by atoms with Gasteiger partial charge in [0.1, 0.15) is 0 Å². The van der Waals surface area contributed by atoms with Crippen molar-refractivity contribution in [3.8, 4) is 0 Å². The van der Waals surface area contributed by atoms with E-state index in [1.54, 1.807) is 11.3 Å². The fraction of sp³-hybridized carbons (Fsp3) is 0.583. The minimum Gasteiger partial charge on any atom is -0.342 e. The maximum absolute atomic E-state index is 11.9. The number of halogens is 1. The van der Waals surface area contributed by atoms with Crippen LogP contribution in [0.2, 0.25) is 0 Å². The van der Waals surface area contributed by atoms with E-state index in [1.807, 2.05) is 4.90 Å². The van der Waals surface area contributed by atoms with Gasteiger partial charge in [0.15, 0.2) is 0 Å². The van der Waals surface area contributed by atoms with E-state index in [0.717, 1.165) is 36.3 Å². The highest BCUT2D eigenvalue weighted by atomic mass is 79.9. The van der Waals surface area contributed by atoms with Gasteiger partial charge in [-0.15, -0.1) is 11.3 Å². The van der Waals surface area contributed by atoms with Gasteiger partial charge in [-0.2, -0.15) is 0 Å². The number of nitrogens with one attached hydrogen (secondary N) is 1. The van der Waals surface area contributed by atoms with Crippen molar-refractivity contribution >= 4 is 33.2 Å². The Morgan fingerprint density at radius 3 is 2.82 bits per heavy atom. The highest BCUT2D eigenvalue weighted by Crippen LogP contribution is 2.20. The van der Waals surface area contributed by atoms with Gasteiger partial charge in [-0.3, -0.25) is 4.79 Å². The number of piperidine rings is 1. The number of hydrogen-bond acceptors (Lipinski definition) is 3. The summed E-state index contributed by atoms with van der Waals surface area (Å²) in [5, 5.41) is 5.31. The van der Waals surface area contributed by atoms with Gasteiger partial charge in [0.05, 0.1) is 10.3 Å². The number of nitrogens with zero attached hydrogens (tertiary/aromatic N) is 1. The molecule has 2 rings (SSSR count). The average Bonchev–Trinajstić information content (AvgIpc) is 2.76. The van der Waals surface area contributed by atoms with E-state index in [0.29, 0.717) is 6.54 Å². The minimum atomic E-state index is 0.235. The molecule has 0 aromatic carbocycles.